The maximum Gasteiger partial charge on any atom is 0.302 e. The SMILES string of the molecule is CC(=O)CC[C@@H]1O[C@H](CCC(C)=O)[C@@H](COC(C)=O)[C@H]1COC(C)=O. The molecule has 25 heavy (non-hydrogen) atoms. The van der Waals surface area contributed by atoms with Crippen molar-refractivity contribution in [3.8, 4) is 0 Å². The Balaban J connectivity index is 2.89. The lowest BCUT2D eigenvalue weighted by atomic mass is 9.85. The average Bonchev–Trinajstić information content (AvgIpc) is 2.83. The Hall–Kier alpha value is -1.76. The molecule has 7 heteroatoms. The highest BCUT2D eigenvalue weighted by Crippen LogP contribution is 2.38. The molecular formula is C18H28O7. The van der Waals surface area contributed by atoms with E-state index in [-0.39, 0.29) is 48.8 Å². The normalized spacial score (nSPS) is 25.4. The van der Waals surface area contributed by atoms with Crippen LogP contribution in [0, 0.1) is 11.8 Å². The van der Waals surface area contributed by atoms with Gasteiger partial charge in [-0.25, -0.2) is 0 Å². The highest BCUT2D eigenvalue weighted by molar-refractivity contribution is 5.75. The second kappa shape index (κ2) is 10.3. The van der Waals surface area contributed by atoms with Gasteiger partial charge >= 0.3 is 11.9 Å². The topological polar surface area (TPSA) is 96.0 Å². The largest absolute Gasteiger partial charge is 0.465 e. The molecule has 1 fully saturated rings. The molecule has 0 spiro atoms. The number of hydrogen-bond donors (Lipinski definition) is 0. The summed E-state index contributed by atoms with van der Waals surface area (Å²) in [5, 5.41) is 0. The molecule has 142 valence electrons. The first-order chi connectivity index (χ1) is 11.7. The van der Waals surface area contributed by atoms with Crippen LogP contribution in [0.3, 0.4) is 0 Å². The van der Waals surface area contributed by atoms with Crippen LogP contribution in [0.2, 0.25) is 0 Å². The van der Waals surface area contributed by atoms with Crippen molar-refractivity contribution < 1.29 is 33.4 Å². The van der Waals surface area contributed by atoms with Crippen molar-refractivity contribution in [2.45, 2.75) is 65.6 Å². The van der Waals surface area contributed by atoms with Crippen LogP contribution in [0.1, 0.15) is 53.4 Å². The van der Waals surface area contributed by atoms with Crippen molar-refractivity contribution in [3.05, 3.63) is 0 Å². The van der Waals surface area contributed by atoms with E-state index in [9.17, 15) is 19.2 Å². The summed E-state index contributed by atoms with van der Waals surface area (Å²) in [6, 6.07) is 0. The van der Waals surface area contributed by atoms with E-state index in [1.54, 1.807) is 0 Å². The Morgan fingerprint density at radius 3 is 1.36 bits per heavy atom. The summed E-state index contributed by atoms with van der Waals surface area (Å²) in [7, 11) is 0. The van der Waals surface area contributed by atoms with Gasteiger partial charge in [-0.1, -0.05) is 0 Å². The van der Waals surface area contributed by atoms with E-state index in [0.29, 0.717) is 25.7 Å². The van der Waals surface area contributed by atoms with Gasteiger partial charge in [0, 0.05) is 38.5 Å². The third-order valence-corrected chi connectivity index (χ3v) is 4.37. The smallest absolute Gasteiger partial charge is 0.302 e. The van der Waals surface area contributed by atoms with Crippen LogP contribution in [0.15, 0.2) is 0 Å². The fourth-order valence-corrected chi connectivity index (χ4v) is 3.12. The van der Waals surface area contributed by atoms with Gasteiger partial charge < -0.3 is 23.8 Å². The first-order valence-electron chi connectivity index (χ1n) is 8.61. The van der Waals surface area contributed by atoms with Crippen LogP contribution < -0.4 is 0 Å². The molecule has 0 aliphatic carbocycles. The molecule has 0 aromatic heterocycles. The fraction of sp³-hybridized carbons (Fsp3) is 0.778. The summed E-state index contributed by atoms with van der Waals surface area (Å²) in [6.45, 7) is 5.96. The Labute approximate surface area is 148 Å². The molecule has 4 atom stereocenters. The minimum Gasteiger partial charge on any atom is -0.465 e. The quantitative estimate of drug-likeness (QED) is 0.551. The van der Waals surface area contributed by atoms with Crippen molar-refractivity contribution in [3.63, 3.8) is 0 Å². The van der Waals surface area contributed by atoms with Crippen molar-refractivity contribution in [2.24, 2.45) is 11.8 Å². The van der Waals surface area contributed by atoms with Gasteiger partial charge in [0.05, 0.1) is 25.4 Å². The molecule has 0 radical (unpaired) electrons. The van der Waals surface area contributed by atoms with Crippen molar-refractivity contribution in [2.75, 3.05) is 13.2 Å². The van der Waals surface area contributed by atoms with Crippen LogP contribution in [0.5, 0.6) is 0 Å². The standard InChI is InChI=1S/C18H28O7/c1-11(19)5-7-17-15(9-23-13(3)21)16(10-24-14(4)22)18(25-17)8-6-12(2)20/h15-18H,5-10H2,1-4H3/t15-,16+,17+,18-. The maximum absolute atomic E-state index is 11.3. The molecular weight excluding hydrogens is 328 g/mol. The van der Waals surface area contributed by atoms with Gasteiger partial charge in [0.1, 0.15) is 11.6 Å². The number of esters is 2. The molecule has 1 heterocycles. The highest BCUT2D eigenvalue weighted by atomic mass is 16.6. The molecule has 0 bridgehead atoms. The zero-order valence-electron chi connectivity index (χ0n) is 15.4. The highest BCUT2D eigenvalue weighted by Gasteiger charge is 2.45. The number of hydrogen-bond acceptors (Lipinski definition) is 7. The Morgan fingerprint density at radius 2 is 1.08 bits per heavy atom. The van der Waals surface area contributed by atoms with Crippen molar-refractivity contribution in [1.82, 2.24) is 0 Å². The first-order valence-corrected chi connectivity index (χ1v) is 8.61. The van der Waals surface area contributed by atoms with Crippen molar-refractivity contribution in [1.29, 1.82) is 0 Å². The summed E-state index contributed by atoms with van der Waals surface area (Å²) in [5.74, 6) is -1.05. The van der Waals surface area contributed by atoms with Crippen LogP contribution in [0.4, 0.5) is 0 Å². The molecule has 0 N–H and O–H groups in total. The van der Waals surface area contributed by atoms with Gasteiger partial charge in [-0.05, 0) is 26.7 Å². The summed E-state index contributed by atoms with van der Waals surface area (Å²) in [4.78, 5) is 45.0. The second-order valence-electron chi connectivity index (χ2n) is 6.63. The number of rotatable bonds is 10. The van der Waals surface area contributed by atoms with E-state index in [2.05, 4.69) is 0 Å². The Kier molecular flexibility index (Phi) is 8.75. The van der Waals surface area contributed by atoms with Crippen LogP contribution in [0.25, 0.3) is 0 Å². The van der Waals surface area contributed by atoms with Gasteiger partial charge in [0.25, 0.3) is 0 Å². The molecule has 1 saturated heterocycles. The summed E-state index contributed by atoms with van der Waals surface area (Å²) >= 11 is 0. The van der Waals surface area contributed by atoms with Gasteiger partial charge in [0.2, 0.25) is 0 Å². The van der Waals surface area contributed by atoms with E-state index < -0.39 is 11.9 Å². The summed E-state index contributed by atoms with van der Waals surface area (Å²) in [6.07, 6.45) is 1.19. The number of ether oxygens (including phenoxy) is 3. The minimum atomic E-state index is -0.399. The lowest BCUT2D eigenvalue weighted by Gasteiger charge is -2.23. The predicted molar refractivity (Wildman–Crippen MR) is 88.7 cm³/mol. The summed E-state index contributed by atoms with van der Waals surface area (Å²) < 4.78 is 16.4. The van der Waals surface area contributed by atoms with E-state index in [0.717, 1.165) is 0 Å². The molecule has 0 unspecified atom stereocenters. The lowest BCUT2D eigenvalue weighted by molar-refractivity contribution is -0.146. The van der Waals surface area contributed by atoms with Crippen LogP contribution in [-0.4, -0.2) is 48.9 Å². The Morgan fingerprint density at radius 1 is 0.720 bits per heavy atom. The van der Waals surface area contributed by atoms with Gasteiger partial charge in [-0.2, -0.15) is 0 Å². The van der Waals surface area contributed by atoms with E-state index in [1.165, 1.54) is 27.7 Å². The Bertz CT molecular complexity index is 456. The maximum atomic E-state index is 11.3. The number of carbonyl (C=O) groups is 4. The monoisotopic (exact) mass is 356 g/mol. The molecule has 7 nitrogen and oxygen atoms in total. The molecule has 0 aromatic rings. The number of carbonyl (C=O) groups excluding carboxylic acids is 4. The second-order valence-corrected chi connectivity index (χ2v) is 6.63. The number of Topliss-reactive ketones (excluding diaryl/α,β-unsaturated/α-hetero) is 2. The molecule has 1 aliphatic heterocycles. The van der Waals surface area contributed by atoms with Gasteiger partial charge in [0.15, 0.2) is 0 Å². The number of ketones is 2. The van der Waals surface area contributed by atoms with Crippen LogP contribution in [-0.2, 0) is 33.4 Å². The van der Waals surface area contributed by atoms with E-state index in [1.807, 2.05) is 0 Å². The van der Waals surface area contributed by atoms with E-state index in [4.69, 9.17) is 14.2 Å². The molecule has 0 aromatic carbocycles. The minimum absolute atomic E-state index is 0.0542. The fourth-order valence-electron chi connectivity index (χ4n) is 3.12. The third kappa shape index (κ3) is 7.77. The molecule has 0 saturated carbocycles. The third-order valence-electron chi connectivity index (χ3n) is 4.37. The van der Waals surface area contributed by atoms with Crippen LogP contribution >= 0.6 is 0 Å². The zero-order valence-corrected chi connectivity index (χ0v) is 15.4. The first kappa shape index (κ1) is 21.3. The average molecular weight is 356 g/mol. The molecule has 0 amide bonds. The summed E-state index contributed by atoms with van der Waals surface area (Å²) in [5.41, 5.74) is 0. The predicted octanol–water partition coefficient (Wildman–Crippen LogP) is 1.85. The molecule has 1 aliphatic rings. The van der Waals surface area contributed by atoms with Gasteiger partial charge in [-0.15, -0.1) is 0 Å². The van der Waals surface area contributed by atoms with E-state index >= 15 is 0 Å². The van der Waals surface area contributed by atoms with Crippen molar-refractivity contribution >= 4 is 23.5 Å². The zero-order chi connectivity index (χ0) is 19.0. The van der Waals surface area contributed by atoms with Gasteiger partial charge in [-0.3, -0.25) is 9.59 Å². The molecule has 1 rings (SSSR count). The lowest BCUT2D eigenvalue weighted by Crippen LogP contribution is -2.32.